The lowest BCUT2D eigenvalue weighted by molar-refractivity contribution is 0.354. The number of benzene rings is 3. The van der Waals surface area contributed by atoms with E-state index in [2.05, 4.69) is 4.98 Å². The Hall–Kier alpha value is -4.24. The van der Waals surface area contributed by atoms with Gasteiger partial charge in [-0.25, -0.2) is 8.42 Å². The van der Waals surface area contributed by atoms with Crippen LogP contribution in [0.4, 0.5) is 0 Å². The minimum Gasteiger partial charge on any atom is -0.493 e. The van der Waals surface area contributed by atoms with Crippen LogP contribution in [0.15, 0.2) is 93.3 Å². The number of allylic oxidation sites excluding steroid dienone is 1. The highest BCUT2D eigenvalue weighted by Gasteiger charge is 2.41. The van der Waals surface area contributed by atoms with Crippen LogP contribution in [0.2, 0.25) is 0 Å². The van der Waals surface area contributed by atoms with Gasteiger partial charge < -0.3 is 24.9 Å². The van der Waals surface area contributed by atoms with E-state index < -0.39 is 21.3 Å². The first-order valence-electron chi connectivity index (χ1n) is 10.7. The lowest BCUT2D eigenvalue weighted by Crippen LogP contribution is -2.31. The third-order valence-electron chi connectivity index (χ3n) is 6.00. The van der Waals surface area contributed by atoms with Crippen LogP contribution in [-0.4, -0.2) is 27.6 Å². The predicted molar refractivity (Wildman–Crippen MR) is 131 cm³/mol. The second-order valence-corrected chi connectivity index (χ2v) is 9.86. The standard InChI is InChI=1S/C26H22N2O6S/c1-32-19-13-12-15(14-20(19)33-2)21-22-23(17-10-6-7-11-18(17)28-26(22)29)34-25(27)24(21)35(30,31)16-8-4-3-5-9-16/h3-14,21H,27H2,1-2H3,(H,28,29)/t21-/m0/s1. The molecule has 1 aliphatic heterocycles. The molecular formula is C26H22N2O6S. The van der Waals surface area contributed by atoms with Crippen LogP contribution < -0.4 is 25.5 Å². The van der Waals surface area contributed by atoms with Crippen molar-refractivity contribution >= 4 is 20.7 Å². The van der Waals surface area contributed by atoms with Gasteiger partial charge in [0.2, 0.25) is 15.7 Å². The van der Waals surface area contributed by atoms with E-state index in [1.165, 1.54) is 26.4 Å². The number of methoxy groups -OCH3 is 2. The molecule has 0 radical (unpaired) electrons. The molecule has 2 heterocycles. The molecule has 0 aliphatic carbocycles. The fourth-order valence-corrected chi connectivity index (χ4v) is 6.04. The number of nitrogens with two attached hydrogens (primary N) is 1. The van der Waals surface area contributed by atoms with E-state index in [-0.39, 0.29) is 27.0 Å². The third kappa shape index (κ3) is 3.60. The molecule has 5 rings (SSSR count). The molecule has 8 nitrogen and oxygen atoms in total. The van der Waals surface area contributed by atoms with Gasteiger partial charge in [-0.05, 0) is 42.0 Å². The molecule has 4 aromatic rings. The Morgan fingerprint density at radius 2 is 1.60 bits per heavy atom. The highest BCUT2D eigenvalue weighted by Crippen LogP contribution is 2.47. The molecular weight excluding hydrogens is 468 g/mol. The SMILES string of the molecule is COc1ccc([C@@H]2C(S(=O)(=O)c3ccccc3)=C(N)Oc3c2c(=O)[nH]c2ccccc32)cc1OC. The van der Waals surface area contributed by atoms with Crippen molar-refractivity contribution in [3.63, 3.8) is 0 Å². The van der Waals surface area contributed by atoms with Crippen LogP contribution in [0.3, 0.4) is 0 Å². The van der Waals surface area contributed by atoms with Crippen molar-refractivity contribution in [1.29, 1.82) is 0 Å². The highest BCUT2D eigenvalue weighted by molar-refractivity contribution is 7.95. The summed E-state index contributed by atoms with van der Waals surface area (Å²) in [5, 5.41) is 0.603. The van der Waals surface area contributed by atoms with Gasteiger partial charge in [-0.3, -0.25) is 4.79 Å². The van der Waals surface area contributed by atoms with E-state index >= 15 is 0 Å². The number of H-pyrrole nitrogens is 1. The summed E-state index contributed by atoms with van der Waals surface area (Å²) in [7, 11) is -1.17. The van der Waals surface area contributed by atoms with Crippen molar-refractivity contribution in [3.8, 4) is 17.2 Å². The van der Waals surface area contributed by atoms with E-state index in [4.69, 9.17) is 19.9 Å². The zero-order chi connectivity index (χ0) is 24.7. The van der Waals surface area contributed by atoms with Crippen molar-refractivity contribution < 1.29 is 22.6 Å². The van der Waals surface area contributed by atoms with Crippen LogP contribution in [0.5, 0.6) is 17.2 Å². The molecule has 9 heteroatoms. The Kier molecular flexibility index (Phi) is 5.49. The molecule has 0 spiro atoms. The molecule has 3 aromatic carbocycles. The number of ether oxygens (including phenoxy) is 3. The number of para-hydroxylation sites is 1. The topological polar surface area (TPSA) is 121 Å². The fraction of sp³-hybridized carbons (Fsp3) is 0.115. The lowest BCUT2D eigenvalue weighted by Gasteiger charge is -2.29. The summed E-state index contributed by atoms with van der Waals surface area (Å²) in [5.41, 5.74) is 7.00. The number of sulfone groups is 1. The highest BCUT2D eigenvalue weighted by atomic mass is 32.2. The first-order valence-corrected chi connectivity index (χ1v) is 12.2. The van der Waals surface area contributed by atoms with Crippen LogP contribution in [0.25, 0.3) is 10.9 Å². The van der Waals surface area contributed by atoms with Crippen molar-refractivity contribution in [2.45, 2.75) is 10.8 Å². The van der Waals surface area contributed by atoms with E-state index in [0.29, 0.717) is 28.0 Å². The van der Waals surface area contributed by atoms with Gasteiger partial charge in [0.1, 0.15) is 10.7 Å². The molecule has 0 saturated carbocycles. The van der Waals surface area contributed by atoms with Gasteiger partial charge in [0.15, 0.2) is 11.5 Å². The van der Waals surface area contributed by atoms with E-state index in [1.807, 2.05) is 0 Å². The first kappa shape index (κ1) is 22.5. The van der Waals surface area contributed by atoms with Gasteiger partial charge in [0, 0.05) is 5.39 Å². The smallest absolute Gasteiger partial charge is 0.256 e. The van der Waals surface area contributed by atoms with Crippen molar-refractivity contribution in [3.05, 3.63) is 105 Å². The van der Waals surface area contributed by atoms with E-state index in [0.717, 1.165) is 0 Å². The molecule has 0 bridgehead atoms. The van der Waals surface area contributed by atoms with Crippen LogP contribution in [0, 0.1) is 0 Å². The number of pyridine rings is 1. The number of hydrogen-bond donors (Lipinski definition) is 2. The normalized spacial score (nSPS) is 15.4. The maximum atomic E-state index is 13.9. The molecule has 0 unspecified atom stereocenters. The molecule has 1 aliphatic rings. The molecule has 35 heavy (non-hydrogen) atoms. The monoisotopic (exact) mass is 490 g/mol. The number of nitrogens with one attached hydrogen (secondary N) is 1. The zero-order valence-electron chi connectivity index (χ0n) is 18.9. The van der Waals surface area contributed by atoms with Crippen molar-refractivity contribution in [2.24, 2.45) is 5.73 Å². The second-order valence-electron chi connectivity index (χ2n) is 7.94. The molecule has 0 fully saturated rings. The predicted octanol–water partition coefficient (Wildman–Crippen LogP) is 3.67. The molecule has 3 N–H and O–H groups in total. The summed E-state index contributed by atoms with van der Waals surface area (Å²) in [6.07, 6.45) is 0. The fourth-order valence-electron chi connectivity index (χ4n) is 4.40. The van der Waals surface area contributed by atoms with Gasteiger partial charge in [0.05, 0.1) is 36.1 Å². The van der Waals surface area contributed by atoms with Gasteiger partial charge in [-0.1, -0.05) is 36.4 Å². The number of aromatic nitrogens is 1. The van der Waals surface area contributed by atoms with Gasteiger partial charge >= 0.3 is 0 Å². The molecule has 0 saturated heterocycles. The Morgan fingerprint density at radius 3 is 2.31 bits per heavy atom. The summed E-state index contributed by atoms with van der Waals surface area (Å²) in [6.45, 7) is 0. The Bertz CT molecular complexity index is 1640. The summed E-state index contributed by atoms with van der Waals surface area (Å²) < 4.78 is 44.4. The minimum atomic E-state index is -4.15. The lowest BCUT2D eigenvalue weighted by atomic mass is 9.88. The molecule has 1 atom stereocenters. The number of hydrogen-bond acceptors (Lipinski definition) is 7. The second kappa shape index (κ2) is 8.52. The molecule has 178 valence electrons. The maximum absolute atomic E-state index is 13.9. The number of rotatable bonds is 5. The average Bonchev–Trinajstić information content (AvgIpc) is 2.88. The van der Waals surface area contributed by atoms with Crippen LogP contribution in [-0.2, 0) is 9.84 Å². The number of aromatic amines is 1. The number of fused-ring (bicyclic) bond motifs is 3. The summed E-state index contributed by atoms with van der Waals surface area (Å²) >= 11 is 0. The van der Waals surface area contributed by atoms with Gasteiger partial charge in [0.25, 0.3) is 5.56 Å². The third-order valence-corrected chi connectivity index (χ3v) is 7.91. The maximum Gasteiger partial charge on any atom is 0.256 e. The molecule has 0 amide bonds. The van der Waals surface area contributed by atoms with Crippen molar-refractivity contribution in [2.75, 3.05) is 14.2 Å². The molecule has 1 aromatic heterocycles. The first-order chi connectivity index (χ1) is 16.9. The average molecular weight is 491 g/mol. The summed E-state index contributed by atoms with van der Waals surface area (Å²) in [4.78, 5) is 16.1. The van der Waals surface area contributed by atoms with Crippen LogP contribution >= 0.6 is 0 Å². The quantitative estimate of drug-likeness (QED) is 0.438. The van der Waals surface area contributed by atoms with Crippen LogP contribution in [0.1, 0.15) is 17.0 Å². The largest absolute Gasteiger partial charge is 0.493 e. The Morgan fingerprint density at radius 1 is 0.914 bits per heavy atom. The van der Waals surface area contributed by atoms with E-state index in [9.17, 15) is 13.2 Å². The van der Waals surface area contributed by atoms with E-state index in [1.54, 1.807) is 60.7 Å². The zero-order valence-corrected chi connectivity index (χ0v) is 19.8. The minimum absolute atomic E-state index is 0.0349. The van der Waals surface area contributed by atoms with Gasteiger partial charge in [-0.2, -0.15) is 0 Å². The van der Waals surface area contributed by atoms with Crippen molar-refractivity contribution in [1.82, 2.24) is 4.98 Å². The summed E-state index contributed by atoms with van der Waals surface area (Å²) in [5.74, 6) is -0.298. The Labute approximate surface area is 201 Å². The summed E-state index contributed by atoms with van der Waals surface area (Å²) in [6, 6.07) is 20.0. The Balaban J connectivity index is 1.86. The van der Waals surface area contributed by atoms with Gasteiger partial charge in [-0.15, -0.1) is 0 Å².